The Labute approximate surface area is 149 Å². The fourth-order valence-electron chi connectivity index (χ4n) is 2.33. The average molecular weight is 353 g/mol. The smallest absolute Gasteiger partial charge is 0.338 e. The van der Waals surface area contributed by atoms with E-state index in [1.54, 1.807) is 55.5 Å². The lowest BCUT2D eigenvalue weighted by molar-refractivity contribution is 0.0526. The zero-order chi connectivity index (χ0) is 18.5. The Morgan fingerprint density at radius 3 is 2.35 bits per heavy atom. The van der Waals surface area contributed by atoms with Gasteiger partial charge in [-0.25, -0.2) is 9.18 Å². The molecule has 132 valence electrons. The van der Waals surface area contributed by atoms with Gasteiger partial charge in [0.15, 0.2) is 5.76 Å². The second kappa shape index (κ2) is 7.65. The van der Waals surface area contributed by atoms with Gasteiger partial charge in [-0.05, 0) is 67.6 Å². The molecular weight excluding hydrogens is 337 g/mol. The van der Waals surface area contributed by atoms with Gasteiger partial charge in [-0.15, -0.1) is 0 Å². The molecule has 0 saturated heterocycles. The molecular formula is C20H16FNO4. The third-order valence-corrected chi connectivity index (χ3v) is 3.61. The number of furan rings is 1. The van der Waals surface area contributed by atoms with E-state index in [0.717, 1.165) is 0 Å². The molecule has 2 aromatic carbocycles. The first-order valence-corrected chi connectivity index (χ1v) is 8.01. The molecule has 1 aromatic heterocycles. The Hall–Kier alpha value is -3.41. The van der Waals surface area contributed by atoms with Crippen LogP contribution in [0.15, 0.2) is 65.1 Å². The Morgan fingerprint density at radius 2 is 1.69 bits per heavy atom. The standard InChI is InChI=1S/C20H16FNO4/c1-2-25-20(24)14-5-9-16(10-6-14)22-19(23)18-12-11-17(26-18)13-3-7-15(21)8-4-13/h3-12H,2H2,1H3,(H,22,23). The molecule has 26 heavy (non-hydrogen) atoms. The topological polar surface area (TPSA) is 68.5 Å². The molecule has 0 atom stereocenters. The molecule has 0 bridgehead atoms. The van der Waals surface area contributed by atoms with Crippen LogP contribution in [0.3, 0.4) is 0 Å². The lowest BCUT2D eigenvalue weighted by Gasteiger charge is -2.05. The van der Waals surface area contributed by atoms with Crippen molar-refractivity contribution in [2.24, 2.45) is 0 Å². The van der Waals surface area contributed by atoms with Gasteiger partial charge in [-0.2, -0.15) is 0 Å². The van der Waals surface area contributed by atoms with E-state index in [4.69, 9.17) is 9.15 Å². The van der Waals surface area contributed by atoms with Crippen molar-refractivity contribution >= 4 is 17.6 Å². The number of carbonyl (C=O) groups is 2. The minimum Gasteiger partial charge on any atom is -0.462 e. The largest absolute Gasteiger partial charge is 0.462 e. The van der Waals surface area contributed by atoms with Gasteiger partial charge in [0, 0.05) is 11.3 Å². The van der Waals surface area contributed by atoms with Crippen LogP contribution in [0.25, 0.3) is 11.3 Å². The predicted molar refractivity (Wildman–Crippen MR) is 94.5 cm³/mol. The minimum absolute atomic E-state index is 0.124. The van der Waals surface area contributed by atoms with E-state index in [1.165, 1.54) is 12.1 Å². The van der Waals surface area contributed by atoms with E-state index in [9.17, 15) is 14.0 Å². The molecule has 0 spiro atoms. The van der Waals surface area contributed by atoms with Gasteiger partial charge in [0.1, 0.15) is 11.6 Å². The third kappa shape index (κ3) is 3.97. The number of rotatable bonds is 5. The molecule has 3 rings (SSSR count). The molecule has 6 heteroatoms. The second-order valence-corrected chi connectivity index (χ2v) is 5.42. The van der Waals surface area contributed by atoms with Gasteiger partial charge in [-0.3, -0.25) is 4.79 Å². The molecule has 0 saturated carbocycles. The number of benzene rings is 2. The Kier molecular flexibility index (Phi) is 5.12. The summed E-state index contributed by atoms with van der Waals surface area (Å²) in [6.45, 7) is 2.03. The highest BCUT2D eigenvalue weighted by atomic mass is 19.1. The van der Waals surface area contributed by atoms with Crippen LogP contribution in [0.4, 0.5) is 10.1 Å². The Bertz CT molecular complexity index is 914. The van der Waals surface area contributed by atoms with Gasteiger partial charge in [0.2, 0.25) is 0 Å². The maximum absolute atomic E-state index is 13.0. The van der Waals surface area contributed by atoms with Crippen molar-refractivity contribution in [1.29, 1.82) is 0 Å². The predicted octanol–water partition coefficient (Wildman–Crippen LogP) is 4.51. The van der Waals surface area contributed by atoms with E-state index in [2.05, 4.69) is 5.32 Å². The van der Waals surface area contributed by atoms with Gasteiger partial charge in [0.05, 0.1) is 12.2 Å². The quantitative estimate of drug-likeness (QED) is 0.685. The van der Waals surface area contributed by atoms with Crippen LogP contribution in [-0.4, -0.2) is 18.5 Å². The van der Waals surface area contributed by atoms with Crippen molar-refractivity contribution in [1.82, 2.24) is 0 Å². The molecule has 5 nitrogen and oxygen atoms in total. The third-order valence-electron chi connectivity index (χ3n) is 3.61. The zero-order valence-corrected chi connectivity index (χ0v) is 14.0. The van der Waals surface area contributed by atoms with E-state index < -0.39 is 11.9 Å². The summed E-state index contributed by atoms with van der Waals surface area (Å²) >= 11 is 0. The van der Waals surface area contributed by atoms with Crippen molar-refractivity contribution in [3.8, 4) is 11.3 Å². The summed E-state index contributed by atoms with van der Waals surface area (Å²) in [5.74, 6) is -0.598. The fraction of sp³-hybridized carbons (Fsp3) is 0.100. The number of hydrogen-bond acceptors (Lipinski definition) is 4. The summed E-state index contributed by atoms with van der Waals surface area (Å²) in [5.41, 5.74) is 1.59. The Morgan fingerprint density at radius 1 is 1.00 bits per heavy atom. The van der Waals surface area contributed by atoms with Crippen LogP contribution in [0.5, 0.6) is 0 Å². The molecule has 0 aliphatic heterocycles. The molecule has 1 amide bonds. The van der Waals surface area contributed by atoms with Crippen LogP contribution in [0.1, 0.15) is 27.8 Å². The summed E-state index contributed by atoms with van der Waals surface area (Å²) < 4.78 is 23.4. The maximum Gasteiger partial charge on any atom is 0.338 e. The summed E-state index contributed by atoms with van der Waals surface area (Å²) in [6.07, 6.45) is 0. The van der Waals surface area contributed by atoms with Crippen molar-refractivity contribution in [3.05, 3.63) is 77.8 Å². The molecule has 0 aliphatic carbocycles. The number of ether oxygens (including phenoxy) is 1. The highest BCUT2D eigenvalue weighted by Crippen LogP contribution is 2.23. The molecule has 0 fully saturated rings. The van der Waals surface area contributed by atoms with E-state index in [-0.39, 0.29) is 11.6 Å². The van der Waals surface area contributed by atoms with E-state index in [0.29, 0.717) is 29.2 Å². The first-order valence-electron chi connectivity index (χ1n) is 8.01. The van der Waals surface area contributed by atoms with E-state index in [1.807, 2.05) is 0 Å². The zero-order valence-electron chi connectivity index (χ0n) is 14.0. The van der Waals surface area contributed by atoms with E-state index >= 15 is 0 Å². The maximum atomic E-state index is 13.0. The number of amides is 1. The highest BCUT2D eigenvalue weighted by Gasteiger charge is 2.13. The van der Waals surface area contributed by atoms with Crippen LogP contribution >= 0.6 is 0 Å². The minimum atomic E-state index is -0.428. The second-order valence-electron chi connectivity index (χ2n) is 5.42. The number of halogens is 1. The molecule has 1 heterocycles. The van der Waals surface area contributed by atoms with Gasteiger partial charge in [-0.1, -0.05) is 0 Å². The summed E-state index contributed by atoms with van der Waals surface area (Å²) in [6, 6.07) is 15.3. The first-order chi connectivity index (χ1) is 12.6. The van der Waals surface area contributed by atoms with Crippen LogP contribution < -0.4 is 5.32 Å². The summed E-state index contributed by atoms with van der Waals surface area (Å²) in [4.78, 5) is 23.9. The molecule has 0 radical (unpaired) electrons. The van der Waals surface area contributed by atoms with Gasteiger partial charge < -0.3 is 14.5 Å². The number of nitrogens with one attached hydrogen (secondary N) is 1. The van der Waals surface area contributed by atoms with Crippen LogP contribution in [-0.2, 0) is 4.74 Å². The SMILES string of the molecule is CCOC(=O)c1ccc(NC(=O)c2ccc(-c3ccc(F)cc3)o2)cc1. The van der Waals surface area contributed by atoms with Crippen molar-refractivity contribution in [3.63, 3.8) is 0 Å². The van der Waals surface area contributed by atoms with Gasteiger partial charge >= 0.3 is 5.97 Å². The molecule has 1 N–H and O–H groups in total. The summed E-state index contributed by atoms with van der Waals surface area (Å²) in [7, 11) is 0. The fourth-order valence-corrected chi connectivity index (χ4v) is 2.33. The molecule has 0 unspecified atom stereocenters. The Balaban J connectivity index is 1.68. The lowest BCUT2D eigenvalue weighted by Crippen LogP contribution is -2.11. The molecule has 3 aromatic rings. The van der Waals surface area contributed by atoms with Crippen molar-refractivity contribution in [2.45, 2.75) is 6.92 Å². The number of esters is 1. The highest BCUT2D eigenvalue weighted by molar-refractivity contribution is 6.02. The number of anilines is 1. The summed E-state index contributed by atoms with van der Waals surface area (Å²) in [5, 5.41) is 2.69. The van der Waals surface area contributed by atoms with Gasteiger partial charge in [0.25, 0.3) is 5.91 Å². The van der Waals surface area contributed by atoms with Crippen LogP contribution in [0, 0.1) is 5.82 Å². The average Bonchev–Trinajstić information content (AvgIpc) is 3.13. The van der Waals surface area contributed by atoms with Crippen LogP contribution in [0.2, 0.25) is 0 Å². The first kappa shape index (κ1) is 17.4. The molecule has 0 aliphatic rings. The monoisotopic (exact) mass is 353 g/mol. The lowest BCUT2D eigenvalue weighted by atomic mass is 10.2. The number of carbonyl (C=O) groups excluding carboxylic acids is 2. The number of hydrogen-bond donors (Lipinski definition) is 1. The van der Waals surface area contributed by atoms with Crippen molar-refractivity contribution < 1.29 is 23.1 Å². The van der Waals surface area contributed by atoms with Crippen molar-refractivity contribution in [2.75, 3.05) is 11.9 Å². The normalized spacial score (nSPS) is 10.4.